The van der Waals surface area contributed by atoms with Gasteiger partial charge in [-0.2, -0.15) is 0 Å². The quantitative estimate of drug-likeness (QED) is 0.552. The summed E-state index contributed by atoms with van der Waals surface area (Å²) in [4.78, 5) is 16.2. The van der Waals surface area contributed by atoms with E-state index in [1.165, 1.54) is 11.3 Å². The summed E-state index contributed by atoms with van der Waals surface area (Å²) in [6.07, 6.45) is 3.42. The number of carboxylic acid groups (broad SMARTS) is 1. The van der Waals surface area contributed by atoms with Crippen LogP contribution in [0.25, 0.3) is 32.3 Å². The van der Waals surface area contributed by atoms with Gasteiger partial charge in [0.2, 0.25) is 0 Å². The maximum atomic E-state index is 11.7. The third-order valence-electron chi connectivity index (χ3n) is 3.95. The highest BCUT2D eigenvalue weighted by Gasteiger charge is 2.19. The minimum absolute atomic E-state index is 0.350. The highest BCUT2D eigenvalue weighted by atomic mass is 32.1. The fourth-order valence-electron chi connectivity index (χ4n) is 2.87. The maximum absolute atomic E-state index is 11.7. The van der Waals surface area contributed by atoms with Crippen LogP contribution in [-0.4, -0.2) is 16.1 Å². The number of rotatable bonds is 3. The largest absolute Gasteiger partial charge is 0.477 e. The Kier molecular flexibility index (Phi) is 3.59. The molecule has 3 nitrogen and oxygen atoms in total. The van der Waals surface area contributed by atoms with Crippen molar-refractivity contribution in [1.29, 1.82) is 0 Å². The molecular weight excluding hydrogens is 318 g/mol. The number of carboxylic acids is 1. The van der Waals surface area contributed by atoms with Crippen molar-refractivity contribution in [1.82, 2.24) is 4.98 Å². The topological polar surface area (TPSA) is 50.2 Å². The molecule has 116 valence electrons. The number of aromatic nitrogens is 1. The van der Waals surface area contributed by atoms with Crippen LogP contribution in [0.2, 0.25) is 0 Å². The van der Waals surface area contributed by atoms with Gasteiger partial charge in [-0.1, -0.05) is 48.5 Å². The lowest BCUT2D eigenvalue weighted by Crippen LogP contribution is -1.94. The Balaban J connectivity index is 1.95. The first-order chi connectivity index (χ1) is 11.7. The van der Waals surface area contributed by atoms with Crippen LogP contribution in [0, 0.1) is 0 Å². The molecule has 4 rings (SSSR count). The molecule has 2 heterocycles. The molecule has 0 saturated heterocycles. The molecule has 0 saturated carbocycles. The van der Waals surface area contributed by atoms with Crippen LogP contribution < -0.4 is 0 Å². The lowest BCUT2D eigenvalue weighted by Gasteiger charge is -2.07. The summed E-state index contributed by atoms with van der Waals surface area (Å²) in [6.45, 7) is 0. The Morgan fingerprint density at radius 2 is 1.67 bits per heavy atom. The van der Waals surface area contributed by atoms with Gasteiger partial charge in [0.05, 0.1) is 4.70 Å². The molecule has 0 atom stereocenters. The van der Waals surface area contributed by atoms with Crippen LogP contribution in [-0.2, 0) is 0 Å². The number of pyridine rings is 1. The molecule has 2 aromatic heterocycles. The van der Waals surface area contributed by atoms with Crippen LogP contribution in [0.1, 0.15) is 9.67 Å². The third-order valence-corrected chi connectivity index (χ3v) is 5.07. The van der Waals surface area contributed by atoms with E-state index in [1.54, 1.807) is 12.4 Å². The molecule has 0 bridgehead atoms. The van der Waals surface area contributed by atoms with Crippen molar-refractivity contribution in [2.24, 2.45) is 0 Å². The summed E-state index contributed by atoms with van der Waals surface area (Å²) in [7, 11) is 0. The number of carbonyl (C=O) groups is 1. The molecule has 0 radical (unpaired) electrons. The standard InChI is InChI=1S/C20H13NO2S/c22-20(23)19-18(16-9-10-21-12-17(16)24-19)15-8-4-7-14(11-15)13-5-2-1-3-6-13/h1-12H,(H,22,23). The zero-order valence-corrected chi connectivity index (χ0v) is 13.5. The zero-order valence-electron chi connectivity index (χ0n) is 12.6. The van der Waals surface area contributed by atoms with E-state index in [-0.39, 0.29) is 0 Å². The molecule has 0 aliphatic rings. The fraction of sp³-hybridized carbons (Fsp3) is 0. The van der Waals surface area contributed by atoms with Crippen molar-refractivity contribution in [2.75, 3.05) is 0 Å². The molecule has 0 unspecified atom stereocenters. The highest BCUT2D eigenvalue weighted by Crippen LogP contribution is 2.39. The van der Waals surface area contributed by atoms with Gasteiger partial charge in [0.1, 0.15) is 4.88 Å². The van der Waals surface area contributed by atoms with E-state index in [1.807, 2.05) is 60.7 Å². The molecule has 0 fully saturated rings. The highest BCUT2D eigenvalue weighted by molar-refractivity contribution is 7.21. The van der Waals surface area contributed by atoms with E-state index < -0.39 is 5.97 Å². The van der Waals surface area contributed by atoms with Crippen LogP contribution in [0.5, 0.6) is 0 Å². The first-order valence-electron chi connectivity index (χ1n) is 7.50. The van der Waals surface area contributed by atoms with Crippen molar-refractivity contribution >= 4 is 27.4 Å². The Hall–Kier alpha value is -2.98. The molecule has 0 aliphatic heterocycles. The van der Waals surface area contributed by atoms with E-state index in [4.69, 9.17) is 0 Å². The number of thiophene rings is 1. The second-order valence-corrected chi connectivity index (χ2v) is 6.48. The summed E-state index contributed by atoms with van der Waals surface area (Å²) >= 11 is 1.27. The molecule has 2 aromatic carbocycles. The lowest BCUT2D eigenvalue weighted by molar-refractivity contribution is 0.0703. The van der Waals surface area contributed by atoms with E-state index in [0.29, 0.717) is 4.88 Å². The van der Waals surface area contributed by atoms with Gasteiger partial charge in [0.15, 0.2) is 0 Å². The monoisotopic (exact) mass is 331 g/mol. The minimum atomic E-state index is -0.906. The van der Waals surface area contributed by atoms with Gasteiger partial charge in [0, 0.05) is 23.3 Å². The van der Waals surface area contributed by atoms with Crippen LogP contribution in [0.15, 0.2) is 73.1 Å². The zero-order chi connectivity index (χ0) is 16.5. The van der Waals surface area contributed by atoms with Crippen LogP contribution in [0.4, 0.5) is 0 Å². The number of benzene rings is 2. The predicted octanol–water partition coefficient (Wildman–Crippen LogP) is 5.33. The second-order valence-electron chi connectivity index (χ2n) is 5.43. The summed E-state index contributed by atoms with van der Waals surface area (Å²) in [5.74, 6) is -0.906. The summed E-state index contributed by atoms with van der Waals surface area (Å²) in [6, 6.07) is 20.0. The molecular formula is C20H13NO2S. The smallest absolute Gasteiger partial charge is 0.346 e. The molecule has 0 spiro atoms. The molecule has 24 heavy (non-hydrogen) atoms. The molecule has 4 aromatic rings. The number of hydrogen-bond donors (Lipinski definition) is 1. The number of aromatic carboxylic acids is 1. The normalized spacial score (nSPS) is 10.8. The fourth-order valence-corrected chi connectivity index (χ4v) is 3.90. The molecule has 0 aliphatic carbocycles. The molecule has 0 amide bonds. The predicted molar refractivity (Wildman–Crippen MR) is 97.5 cm³/mol. The Morgan fingerprint density at radius 1 is 0.917 bits per heavy atom. The van der Waals surface area contributed by atoms with Gasteiger partial charge in [-0.05, 0) is 28.8 Å². The van der Waals surface area contributed by atoms with E-state index in [0.717, 1.165) is 32.3 Å². The van der Waals surface area contributed by atoms with E-state index in [2.05, 4.69) is 4.98 Å². The summed E-state index contributed by atoms with van der Waals surface area (Å²) in [5.41, 5.74) is 3.85. The van der Waals surface area contributed by atoms with Gasteiger partial charge in [-0.15, -0.1) is 11.3 Å². The van der Waals surface area contributed by atoms with Gasteiger partial charge >= 0.3 is 5.97 Å². The van der Waals surface area contributed by atoms with Crippen molar-refractivity contribution in [3.8, 4) is 22.3 Å². The molecule has 1 N–H and O–H groups in total. The van der Waals surface area contributed by atoms with Crippen molar-refractivity contribution in [3.05, 3.63) is 77.9 Å². The first-order valence-corrected chi connectivity index (χ1v) is 8.31. The van der Waals surface area contributed by atoms with Crippen molar-refractivity contribution < 1.29 is 9.90 Å². The molecule has 4 heteroatoms. The van der Waals surface area contributed by atoms with Crippen molar-refractivity contribution in [3.63, 3.8) is 0 Å². The van der Waals surface area contributed by atoms with Gasteiger partial charge in [0.25, 0.3) is 0 Å². The van der Waals surface area contributed by atoms with Gasteiger partial charge in [-0.25, -0.2) is 4.79 Å². The average Bonchev–Trinajstić information content (AvgIpc) is 3.02. The lowest BCUT2D eigenvalue weighted by atomic mass is 9.97. The summed E-state index contributed by atoms with van der Waals surface area (Å²) < 4.78 is 0.884. The SMILES string of the molecule is O=C(O)c1sc2cnccc2c1-c1cccc(-c2ccccc2)c1. The summed E-state index contributed by atoms with van der Waals surface area (Å²) in [5, 5.41) is 10.5. The minimum Gasteiger partial charge on any atom is -0.477 e. The second kappa shape index (κ2) is 5.91. The van der Waals surface area contributed by atoms with E-state index >= 15 is 0 Å². The maximum Gasteiger partial charge on any atom is 0.346 e. The Bertz CT molecular complexity index is 1040. The van der Waals surface area contributed by atoms with Crippen LogP contribution >= 0.6 is 11.3 Å². The average molecular weight is 331 g/mol. The first kappa shape index (κ1) is 14.6. The van der Waals surface area contributed by atoms with Gasteiger partial charge < -0.3 is 5.11 Å². The number of fused-ring (bicyclic) bond motifs is 1. The van der Waals surface area contributed by atoms with E-state index in [9.17, 15) is 9.90 Å². The third kappa shape index (κ3) is 2.47. The number of nitrogens with zero attached hydrogens (tertiary/aromatic N) is 1. The number of hydrogen-bond acceptors (Lipinski definition) is 3. The Labute approximate surface area is 142 Å². The van der Waals surface area contributed by atoms with Crippen LogP contribution in [0.3, 0.4) is 0 Å². The Morgan fingerprint density at radius 3 is 2.46 bits per heavy atom. The van der Waals surface area contributed by atoms with Crippen molar-refractivity contribution in [2.45, 2.75) is 0 Å². The van der Waals surface area contributed by atoms with Gasteiger partial charge in [-0.3, -0.25) is 4.98 Å².